The van der Waals surface area contributed by atoms with Gasteiger partial charge in [0.15, 0.2) is 5.58 Å². The number of benzene rings is 1. The summed E-state index contributed by atoms with van der Waals surface area (Å²) in [7, 11) is 0. The Bertz CT molecular complexity index is 587. The average Bonchev–Trinajstić information content (AvgIpc) is 3.12. The fraction of sp³-hybridized carbons (Fsp3) is 0.385. The zero-order valence-corrected chi connectivity index (χ0v) is 10.2. The Hall–Kier alpha value is -2.04. The average molecular weight is 245 g/mol. The van der Waals surface area contributed by atoms with Crippen LogP contribution in [0.1, 0.15) is 18.5 Å². The molecule has 5 nitrogen and oxygen atoms in total. The zero-order chi connectivity index (χ0) is 12.5. The van der Waals surface area contributed by atoms with Crippen molar-refractivity contribution in [1.82, 2.24) is 10.5 Å². The lowest BCUT2D eigenvalue weighted by Crippen LogP contribution is -2.30. The second-order valence-corrected chi connectivity index (χ2v) is 4.76. The molecule has 5 heteroatoms. The maximum absolute atomic E-state index is 11.6. The van der Waals surface area contributed by atoms with E-state index in [9.17, 15) is 4.79 Å². The summed E-state index contributed by atoms with van der Waals surface area (Å²) in [4.78, 5) is 11.6. The Morgan fingerprint density at radius 2 is 2.33 bits per heavy atom. The molecular formula is C13H15N3O2. The molecule has 0 spiro atoms. The van der Waals surface area contributed by atoms with Gasteiger partial charge in [-0.3, -0.25) is 0 Å². The minimum Gasteiger partial charge on any atom is -0.356 e. The molecule has 1 heterocycles. The molecule has 1 saturated carbocycles. The number of nitrogens with one attached hydrogen (secondary N) is 2. The first-order valence-corrected chi connectivity index (χ1v) is 6.13. The first kappa shape index (κ1) is 11.1. The predicted molar refractivity (Wildman–Crippen MR) is 68.5 cm³/mol. The standard InChI is InChI=1S/C13H15N3O2/c1-8-11-5-4-10(6-12(11)18-16-8)15-13(17)14-7-9-2-3-9/h4-6,9H,2-3,7H2,1H3,(H2,14,15,17). The number of rotatable bonds is 3. The van der Waals surface area contributed by atoms with E-state index in [0.29, 0.717) is 17.2 Å². The third-order valence-corrected chi connectivity index (χ3v) is 3.16. The molecule has 0 atom stereocenters. The second kappa shape index (κ2) is 4.33. The first-order chi connectivity index (χ1) is 8.72. The summed E-state index contributed by atoms with van der Waals surface area (Å²) >= 11 is 0. The Kier molecular flexibility index (Phi) is 2.66. The van der Waals surface area contributed by atoms with Crippen LogP contribution in [0, 0.1) is 12.8 Å². The van der Waals surface area contributed by atoms with Crippen molar-refractivity contribution >= 4 is 22.7 Å². The quantitative estimate of drug-likeness (QED) is 0.873. The van der Waals surface area contributed by atoms with Gasteiger partial charge in [-0.2, -0.15) is 0 Å². The molecule has 94 valence electrons. The van der Waals surface area contributed by atoms with Crippen LogP contribution in [-0.4, -0.2) is 17.7 Å². The van der Waals surface area contributed by atoms with Gasteiger partial charge < -0.3 is 15.2 Å². The summed E-state index contributed by atoms with van der Waals surface area (Å²) in [6.45, 7) is 2.65. The third-order valence-electron chi connectivity index (χ3n) is 3.16. The number of hydrogen-bond acceptors (Lipinski definition) is 3. The molecule has 0 aliphatic heterocycles. The highest BCUT2D eigenvalue weighted by molar-refractivity contribution is 5.92. The smallest absolute Gasteiger partial charge is 0.319 e. The van der Waals surface area contributed by atoms with Crippen molar-refractivity contribution in [2.45, 2.75) is 19.8 Å². The molecule has 1 fully saturated rings. The monoisotopic (exact) mass is 245 g/mol. The van der Waals surface area contributed by atoms with E-state index in [0.717, 1.165) is 17.6 Å². The van der Waals surface area contributed by atoms with Crippen molar-refractivity contribution in [2.24, 2.45) is 5.92 Å². The van der Waals surface area contributed by atoms with Crippen LogP contribution in [0.5, 0.6) is 0 Å². The molecule has 1 aromatic carbocycles. The summed E-state index contributed by atoms with van der Waals surface area (Å²) in [5.74, 6) is 0.676. The van der Waals surface area contributed by atoms with E-state index in [1.807, 2.05) is 19.1 Å². The summed E-state index contributed by atoms with van der Waals surface area (Å²) in [5, 5.41) is 10.5. The third kappa shape index (κ3) is 2.30. The van der Waals surface area contributed by atoms with Crippen LogP contribution >= 0.6 is 0 Å². The van der Waals surface area contributed by atoms with Crippen LogP contribution in [0.25, 0.3) is 11.0 Å². The molecule has 0 saturated heterocycles. The minimum absolute atomic E-state index is 0.169. The van der Waals surface area contributed by atoms with Crippen LogP contribution in [-0.2, 0) is 0 Å². The molecule has 0 bridgehead atoms. The van der Waals surface area contributed by atoms with Crippen molar-refractivity contribution in [1.29, 1.82) is 0 Å². The molecule has 1 aliphatic carbocycles. The fourth-order valence-corrected chi connectivity index (χ4v) is 1.88. The molecule has 3 rings (SSSR count). The van der Waals surface area contributed by atoms with E-state index in [4.69, 9.17) is 4.52 Å². The van der Waals surface area contributed by atoms with Crippen LogP contribution < -0.4 is 10.6 Å². The number of amides is 2. The van der Waals surface area contributed by atoms with Gasteiger partial charge in [0.05, 0.1) is 5.69 Å². The molecule has 1 aromatic heterocycles. The molecule has 0 unspecified atom stereocenters. The number of fused-ring (bicyclic) bond motifs is 1. The molecule has 1 aliphatic rings. The number of anilines is 1. The zero-order valence-electron chi connectivity index (χ0n) is 10.2. The van der Waals surface area contributed by atoms with E-state index in [1.165, 1.54) is 12.8 Å². The largest absolute Gasteiger partial charge is 0.356 e. The highest BCUT2D eigenvalue weighted by Gasteiger charge is 2.21. The maximum Gasteiger partial charge on any atom is 0.319 e. The van der Waals surface area contributed by atoms with Crippen LogP contribution in [0.2, 0.25) is 0 Å². The van der Waals surface area contributed by atoms with Gasteiger partial charge in [0.2, 0.25) is 0 Å². The molecular weight excluding hydrogens is 230 g/mol. The molecule has 2 amide bonds. The molecule has 18 heavy (non-hydrogen) atoms. The van der Waals surface area contributed by atoms with Gasteiger partial charge in [-0.05, 0) is 37.8 Å². The highest BCUT2D eigenvalue weighted by Crippen LogP contribution is 2.27. The second-order valence-electron chi connectivity index (χ2n) is 4.76. The van der Waals surface area contributed by atoms with Gasteiger partial charge in [0, 0.05) is 23.7 Å². The predicted octanol–water partition coefficient (Wildman–Crippen LogP) is 2.67. The summed E-state index contributed by atoms with van der Waals surface area (Å²) < 4.78 is 5.16. The van der Waals surface area contributed by atoms with Crippen LogP contribution in [0.4, 0.5) is 10.5 Å². The number of nitrogens with zero attached hydrogens (tertiary/aromatic N) is 1. The Morgan fingerprint density at radius 3 is 3.11 bits per heavy atom. The number of carbonyl (C=O) groups is 1. The molecule has 2 N–H and O–H groups in total. The van der Waals surface area contributed by atoms with E-state index in [1.54, 1.807) is 6.07 Å². The lowest BCUT2D eigenvalue weighted by atomic mass is 10.2. The van der Waals surface area contributed by atoms with E-state index in [-0.39, 0.29) is 6.03 Å². The van der Waals surface area contributed by atoms with Gasteiger partial charge in [0.25, 0.3) is 0 Å². The maximum atomic E-state index is 11.6. The topological polar surface area (TPSA) is 67.2 Å². The van der Waals surface area contributed by atoms with Crippen molar-refractivity contribution in [3.05, 3.63) is 23.9 Å². The minimum atomic E-state index is -0.169. The number of aryl methyl sites for hydroxylation is 1. The van der Waals surface area contributed by atoms with Crippen LogP contribution in [0.15, 0.2) is 22.7 Å². The Balaban J connectivity index is 1.67. The van der Waals surface area contributed by atoms with E-state index < -0.39 is 0 Å². The number of carbonyl (C=O) groups excluding carboxylic acids is 1. The lowest BCUT2D eigenvalue weighted by Gasteiger charge is -2.06. The van der Waals surface area contributed by atoms with Crippen molar-refractivity contribution < 1.29 is 9.32 Å². The first-order valence-electron chi connectivity index (χ1n) is 6.13. The van der Waals surface area contributed by atoms with E-state index in [2.05, 4.69) is 15.8 Å². The van der Waals surface area contributed by atoms with Gasteiger partial charge in [0.1, 0.15) is 0 Å². The van der Waals surface area contributed by atoms with Crippen molar-refractivity contribution in [2.75, 3.05) is 11.9 Å². The van der Waals surface area contributed by atoms with Gasteiger partial charge in [-0.25, -0.2) is 4.79 Å². The van der Waals surface area contributed by atoms with Crippen LogP contribution in [0.3, 0.4) is 0 Å². The SMILES string of the molecule is Cc1noc2cc(NC(=O)NCC3CC3)ccc12. The highest BCUT2D eigenvalue weighted by atomic mass is 16.5. The lowest BCUT2D eigenvalue weighted by molar-refractivity contribution is 0.251. The molecule has 2 aromatic rings. The summed E-state index contributed by atoms with van der Waals surface area (Å²) in [6, 6.07) is 5.37. The van der Waals surface area contributed by atoms with Gasteiger partial charge in [-0.15, -0.1) is 0 Å². The number of urea groups is 1. The van der Waals surface area contributed by atoms with Crippen molar-refractivity contribution in [3.8, 4) is 0 Å². The Morgan fingerprint density at radius 1 is 1.50 bits per heavy atom. The number of aromatic nitrogens is 1. The Labute approximate surface area is 105 Å². The molecule has 0 radical (unpaired) electrons. The van der Waals surface area contributed by atoms with Gasteiger partial charge in [-0.1, -0.05) is 5.16 Å². The summed E-state index contributed by atoms with van der Waals surface area (Å²) in [6.07, 6.45) is 2.45. The van der Waals surface area contributed by atoms with Gasteiger partial charge >= 0.3 is 6.03 Å². The summed E-state index contributed by atoms with van der Waals surface area (Å²) in [5.41, 5.74) is 2.26. The fourth-order valence-electron chi connectivity index (χ4n) is 1.88. The van der Waals surface area contributed by atoms with E-state index >= 15 is 0 Å². The normalized spacial score (nSPS) is 14.7. The number of hydrogen-bond donors (Lipinski definition) is 2. The van der Waals surface area contributed by atoms with Crippen molar-refractivity contribution in [3.63, 3.8) is 0 Å².